The van der Waals surface area contributed by atoms with Crippen molar-refractivity contribution in [1.82, 2.24) is 15.4 Å². The molecule has 0 radical (unpaired) electrons. The van der Waals surface area contributed by atoms with Crippen molar-refractivity contribution in [1.29, 1.82) is 0 Å². The number of hydrogen-bond donors (Lipinski definition) is 2. The summed E-state index contributed by atoms with van der Waals surface area (Å²) in [4.78, 5) is 2.40. The van der Waals surface area contributed by atoms with Gasteiger partial charge in [-0.25, -0.2) is 9.40 Å². The number of anilines is 1. The first kappa shape index (κ1) is 22.2. The number of rotatable bonds is 6. The van der Waals surface area contributed by atoms with Crippen LogP contribution in [0.25, 0.3) is 0 Å². The van der Waals surface area contributed by atoms with E-state index in [9.17, 15) is 9.50 Å². The van der Waals surface area contributed by atoms with Crippen molar-refractivity contribution in [3.63, 3.8) is 0 Å². The molecule has 0 amide bonds. The van der Waals surface area contributed by atoms with Gasteiger partial charge in [0.25, 0.3) is 0 Å². The number of halogens is 2. The normalized spacial score (nSPS) is 17.6. The van der Waals surface area contributed by atoms with Gasteiger partial charge >= 0.3 is 0 Å². The number of benzene rings is 2. The predicted octanol–water partition coefficient (Wildman–Crippen LogP) is 3.85. The van der Waals surface area contributed by atoms with Gasteiger partial charge < -0.3 is 9.84 Å². The highest BCUT2D eigenvalue weighted by molar-refractivity contribution is 5.85. The quantitative estimate of drug-likeness (QED) is 0.720. The van der Waals surface area contributed by atoms with E-state index >= 15 is 0 Å². The molecule has 2 N–H and O–H groups in total. The van der Waals surface area contributed by atoms with Crippen molar-refractivity contribution < 1.29 is 14.2 Å². The second-order valence-electron chi connectivity index (χ2n) is 7.67. The van der Waals surface area contributed by atoms with Crippen molar-refractivity contribution in [2.45, 2.75) is 19.4 Å². The number of hydrogen-bond acceptors (Lipinski definition) is 6. The topological polar surface area (TPSA) is 51.2 Å². The minimum absolute atomic E-state index is 0. The third kappa shape index (κ3) is 5.36. The van der Waals surface area contributed by atoms with Crippen LogP contribution in [0.3, 0.4) is 0 Å². The Hall–Kier alpha value is -2.48. The lowest BCUT2D eigenvalue weighted by Crippen LogP contribution is -2.40. The van der Waals surface area contributed by atoms with E-state index in [2.05, 4.69) is 10.4 Å². The molecule has 4 rings (SSSR count). The third-order valence-corrected chi connectivity index (χ3v) is 5.37. The molecule has 2 aliphatic heterocycles. The number of ether oxygens (including phenoxy) is 1. The highest BCUT2D eigenvalue weighted by atomic mass is 35.5. The summed E-state index contributed by atoms with van der Waals surface area (Å²) in [7, 11) is 1.85. The zero-order chi connectivity index (χ0) is 20.2. The fraction of sp³-hybridized carbons (Fsp3) is 0.364. The van der Waals surface area contributed by atoms with E-state index < -0.39 is 0 Å². The molecule has 1 fully saturated rings. The van der Waals surface area contributed by atoms with Gasteiger partial charge in [0.15, 0.2) is 0 Å². The molecule has 0 aromatic heterocycles. The number of para-hydroxylation sites is 1. The highest BCUT2D eigenvalue weighted by Gasteiger charge is 2.26. The van der Waals surface area contributed by atoms with Crippen molar-refractivity contribution in [2.75, 3.05) is 31.8 Å². The monoisotopic (exact) mass is 434 g/mol. The van der Waals surface area contributed by atoms with Crippen molar-refractivity contribution in [2.24, 2.45) is 5.92 Å². The Morgan fingerprint density at radius 2 is 1.90 bits per heavy atom. The summed E-state index contributed by atoms with van der Waals surface area (Å²) >= 11 is 0. The molecule has 6 nitrogen and oxygen atoms in total. The molecule has 1 saturated heterocycles. The molecule has 0 bridgehead atoms. The number of nitrogens with zero attached hydrogens (tertiary/aromatic N) is 3. The number of phenols is 1. The Kier molecular flexibility index (Phi) is 7.42. The van der Waals surface area contributed by atoms with Gasteiger partial charge in [-0.05, 0) is 61.7 Å². The molecule has 2 aromatic carbocycles. The maximum atomic E-state index is 14.2. The van der Waals surface area contributed by atoms with Gasteiger partial charge in [-0.15, -0.1) is 17.9 Å². The molecular weight excluding hydrogens is 407 g/mol. The molecule has 8 heteroatoms. The van der Waals surface area contributed by atoms with Gasteiger partial charge in [-0.2, -0.15) is 0 Å². The first-order valence-electron chi connectivity index (χ1n) is 9.97. The Morgan fingerprint density at radius 3 is 2.63 bits per heavy atom. The van der Waals surface area contributed by atoms with Gasteiger partial charge in [0.2, 0.25) is 5.88 Å². The molecule has 0 spiro atoms. The number of aromatic hydroxyl groups is 1. The fourth-order valence-electron chi connectivity index (χ4n) is 3.79. The predicted molar refractivity (Wildman–Crippen MR) is 117 cm³/mol. The Labute approximate surface area is 182 Å². The fourth-order valence-corrected chi connectivity index (χ4v) is 3.79. The molecule has 0 aliphatic carbocycles. The van der Waals surface area contributed by atoms with Crippen molar-refractivity contribution in [3.8, 4) is 5.75 Å². The lowest BCUT2D eigenvalue weighted by molar-refractivity contribution is 0.101. The molecule has 2 aliphatic rings. The first-order chi connectivity index (χ1) is 14.1. The third-order valence-electron chi connectivity index (χ3n) is 5.37. The summed E-state index contributed by atoms with van der Waals surface area (Å²) in [6.07, 6.45) is 3.92. The van der Waals surface area contributed by atoms with Crippen molar-refractivity contribution in [3.05, 3.63) is 72.0 Å². The maximum absolute atomic E-state index is 14.2. The summed E-state index contributed by atoms with van der Waals surface area (Å²) in [6, 6.07) is 14.1. The summed E-state index contributed by atoms with van der Waals surface area (Å²) in [5, 5.41) is 13.0. The second kappa shape index (κ2) is 10.0. The van der Waals surface area contributed by atoms with E-state index in [-0.39, 0.29) is 18.2 Å². The zero-order valence-electron chi connectivity index (χ0n) is 17.0. The molecule has 162 valence electrons. The van der Waals surface area contributed by atoms with Gasteiger partial charge in [0.05, 0.1) is 18.5 Å². The number of likely N-dealkylation sites (tertiary alicyclic amines) is 1. The summed E-state index contributed by atoms with van der Waals surface area (Å²) in [5.74, 6) is 1.07. The van der Waals surface area contributed by atoms with Crippen LogP contribution < -0.4 is 10.5 Å². The van der Waals surface area contributed by atoms with Gasteiger partial charge in [0, 0.05) is 13.6 Å². The summed E-state index contributed by atoms with van der Waals surface area (Å²) < 4.78 is 20.2. The number of nitrogens with one attached hydrogen (secondary N) is 1. The lowest BCUT2D eigenvalue weighted by Gasteiger charge is -2.32. The van der Waals surface area contributed by atoms with Gasteiger partial charge in [-0.1, -0.05) is 24.3 Å². The number of phenolic OH excluding ortho intramolecular Hbond substituents is 1. The SMILES string of the molecule is CN1C=C(OCC2CCN(Cc3cccc(O)c3)CC2)N(c2ccccc2F)N1.Cl. The van der Waals surface area contributed by atoms with Crippen LogP contribution in [-0.2, 0) is 11.3 Å². The van der Waals surface area contributed by atoms with Crippen molar-refractivity contribution >= 4 is 18.1 Å². The van der Waals surface area contributed by atoms with Crippen LogP contribution in [0.2, 0.25) is 0 Å². The van der Waals surface area contributed by atoms with Gasteiger partial charge in [0.1, 0.15) is 11.6 Å². The van der Waals surface area contributed by atoms with E-state index in [4.69, 9.17) is 4.74 Å². The smallest absolute Gasteiger partial charge is 0.228 e. The lowest BCUT2D eigenvalue weighted by atomic mass is 9.97. The molecular formula is C22H28ClFN4O2. The molecule has 0 saturated carbocycles. The van der Waals surface area contributed by atoms with Crippen LogP contribution in [0.5, 0.6) is 5.75 Å². The minimum Gasteiger partial charge on any atom is -0.508 e. The van der Waals surface area contributed by atoms with Crippen LogP contribution in [0.1, 0.15) is 18.4 Å². The van der Waals surface area contributed by atoms with Gasteiger partial charge in [-0.3, -0.25) is 9.91 Å². The van der Waals surface area contributed by atoms with Crippen LogP contribution in [-0.4, -0.2) is 41.8 Å². The van der Waals surface area contributed by atoms with E-state index in [1.807, 2.05) is 31.4 Å². The molecule has 0 unspecified atom stereocenters. The second-order valence-corrected chi connectivity index (χ2v) is 7.67. The molecule has 30 heavy (non-hydrogen) atoms. The van der Waals surface area contributed by atoms with E-state index in [0.717, 1.165) is 38.0 Å². The Balaban J connectivity index is 0.00000256. The average molecular weight is 435 g/mol. The molecule has 2 heterocycles. The number of hydrazine groups is 2. The molecule has 2 aromatic rings. The maximum Gasteiger partial charge on any atom is 0.228 e. The van der Waals surface area contributed by atoms with Crippen LogP contribution >= 0.6 is 12.4 Å². The first-order valence-corrected chi connectivity index (χ1v) is 9.97. The van der Waals surface area contributed by atoms with E-state index in [1.165, 1.54) is 6.07 Å². The minimum atomic E-state index is -0.301. The Bertz CT molecular complexity index is 874. The highest BCUT2D eigenvalue weighted by Crippen LogP contribution is 2.27. The zero-order valence-corrected chi connectivity index (χ0v) is 17.8. The number of piperidine rings is 1. The summed E-state index contributed by atoms with van der Waals surface area (Å²) in [5.41, 5.74) is 4.63. The van der Waals surface area contributed by atoms with E-state index in [0.29, 0.717) is 29.8 Å². The standard InChI is InChI=1S/C22H27FN4O2.ClH/c1-25-15-22(27(24-25)21-8-3-2-7-20(21)23)29-16-17-9-11-26(12-10-17)14-18-5-4-6-19(28)13-18;/h2-8,13,15,17,24,28H,9-12,14,16H2,1H3;1H. The molecule has 0 atom stereocenters. The largest absolute Gasteiger partial charge is 0.508 e. The summed E-state index contributed by atoms with van der Waals surface area (Å²) in [6.45, 7) is 3.45. The van der Waals surface area contributed by atoms with Crippen LogP contribution in [0.15, 0.2) is 60.6 Å². The van der Waals surface area contributed by atoms with Crippen LogP contribution in [0, 0.1) is 11.7 Å². The van der Waals surface area contributed by atoms with Crippen LogP contribution in [0.4, 0.5) is 10.1 Å². The average Bonchev–Trinajstić information content (AvgIpc) is 3.08. The van der Waals surface area contributed by atoms with E-state index in [1.54, 1.807) is 34.3 Å². The Morgan fingerprint density at radius 1 is 1.13 bits per heavy atom.